The second kappa shape index (κ2) is 5.48. The number of carbonyl (C=O) groups is 1. The van der Waals surface area contributed by atoms with Gasteiger partial charge in [-0.05, 0) is 18.2 Å². The number of ether oxygens (including phenoxy) is 2. The molecular formula is C14H12FNO3. The van der Waals surface area contributed by atoms with Crippen LogP contribution in [0, 0.1) is 5.82 Å². The number of ketones is 1. The predicted octanol–water partition coefficient (Wildman–Crippen LogP) is 2.47. The molecule has 98 valence electrons. The van der Waals surface area contributed by atoms with Crippen molar-refractivity contribution in [1.82, 2.24) is 4.98 Å². The van der Waals surface area contributed by atoms with Gasteiger partial charge in [-0.3, -0.25) is 9.78 Å². The van der Waals surface area contributed by atoms with Crippen molar-refractivity contribution in [3.63, 3.8) is 0 Å². The quantitative estimate of drug-likeness (QED) is 0.793. The van der Waals surface area contributed by atoms with Crippen LogP contribution in [0.1, 0.15) is 15.9 Å². The van der Waals surface area contributed by atoms with Crippen LogP contribution in [0.3, 0.4) is 0 Å². The Morgan fingerprint density at radius 3 is 2.16 bits per heavy atom. The van der Waals surface area contributed by atoms with Crippen molar-refractivity contribution in [3.05, 3.63) is 53.6 Å². The molecule has 0 saturated heterocycles. The van der Waals surface area contributed by atoms with E-state index < -0.39 is 5.82 Å². The van der Waals surface area contributed by atoms with Gasteiger partial charge in [0, 0.05) is 23.4 Å². The first-order chi connectivity index (χ1) is 9.13. The summed E-state index contributed by atoms with van der Waals surface area (Å²) < 4.78 is 23.2. The van der Waals surface area contributed by atoms with E-state index in [2.05, 4.69) is 4.98 Å². The van der Waals surface area contributed by atoms with Crippen LogP contribution in [0.2, 0.25) is 0 Å². The van der Waals surface area contributed by atoms with Crippen molar-refractivity contribution in [2.45, 2.75) is 0 Å². The van der Waals surface area contributed by atoms with E-state index in [1.165, 1.54) is 20.4 Å². The Morgan fingerprint density at radius 1 is 1.00 bits per heavy atom. The van der Waals surface area contributed by atoms with Crippen molar-refractivity contribution >= 4 is 5.78 Å². The number of hydrogen-bond acceptors (Lipinski definition) is 4. The molecule has 1 aromatic carbocycles. The lowest BCUT2D eigenvalue weighted by atomic mass is 10.0. The van der Waals surface area contributed by atoms with Gasteiger partial charge >= 0.3 is 0 Å². The molecule has 4 nitrogen and oxygen atoms in total. The van der Waals surface area contributed by atoms with Gasteiger partial charge in [0.25, 0.3) is 0 Å². The third kappa shape index (κ3) is 2.88. The van der Waals surface area contributed by atoms with Gasteiger partial charge in [-0.25, -0.2) is 4.39 Å². The van der Waals surface area contributed by atoms with Gasteiger partial charge in [0.05, 0.1) is 20.4 Å². The van der Waals surface area contributed by atoms with Crippen LogP contribution in [0.4, 0.5) is 4.39 Å². The third-order valence-electron chi connectivity index (χ3n) is 2.58. The first-order valence-corrected chi connectivity index (χ1v) is 5.52. The number of rotatable bonds is 4. The maximum Gasteiger partial charge on any atom is 0.194 e. The molecule has 0 atom stereocenters. The largest absolute Gasteiger partial charge is 0.497 e. The maximum absolute atomic E-state index is 13.1. The highest BCUT2D eigenvalue weighted by molar-refractivity contribution is 6.09. The number of methoxy groups -OCH3 is 2. The monoisotopic (exact) mass is 261 g/mol. The van der Waals surface area contributed by atoms with E-state index in [-0.39, 0.29) is 11.3 Å². The van der Waals surface area contributed by atoms with Crippen LogP contribution < -0.4 is 9.47 Å². The van der Waals surface area contributed by atoms with E-state index in [1.54, 1.807) is 18.2 Å². The van der Waals surface area contributed by atoms with Crippen LogP contribution in [-0.2, 0) is 0 Å². The van der Waals surface area contributed by atoms with Crippen molar-refractivity contribution < 1.29 is 18.7 Å². The van der Waals surface area contributed by atoms with Crippen LogP contribution in [0.15, 0.2) is 36.7 Å². The normalized spacial score (nSPS) is 10.1. The number of benzene rings is 1. The topological polar surface area (TPSA) is 48.4 Å². The van der Waals surface area contributed by atoms with Gasteiger partial charge in [0.2, 0.25) is 0 Å². The Hall–Kier alpha value is -2.43. The lowest BCUT2D eigenvalue weighted by Crippen LogP contribution is -2.03. The fourth-order valence-electron chi connectivity index (χ4n) is 1.64. The SMILES string of the molecule is COc1cc(OC)cc(C(=O)c2cncc(F)c2)c1. The number of pyridine rings is 1. The van der Waals surface area contributed by atoms with E-state index >= 15 is 0 Å². The zero-order valence-corrected chi connectivity index (χ0v) is 10.5. The van der Waals surface area contributed by atoms with Crippen LogP contribution in [-0.4, -0.2) is 25.0 Å². The molecular weight excluding hydrogens is 249 g/mol. The highest BCUT2D eigenvalue weighted by Gasteiger charge is 2.13. The van der Waals surface area contributed by atoms with Crippen LogP contribution in [0.5, 0.6) is 11.5 Å². The molecule has 1 aromatic heterocycles. The van der Waals surface area contributed by atoms with Crippen molar-refractivity contribution in [3.8, 4) is 11.5 Å². The average molecular weight is 261 g/mol. The minimum atomic E-state index is -0.555. The summed E-state index contributed by atoms with van der Waals surface area (Å²) in [5, 5.41) is 0. The molecule has 0 aliphatic heterocycles. The highest BCUT2D eigenvalue weighted by atomic mass is 19.1. The summed E-state index contributed by atoms with van der Waals surface area (Å²) in [5.74, 6) is 0.0871. The number of carbonyl (C=O) groups excluding carboxylic acids is 1. The Bertz CT molecular complexity index is 591. The van der Waals surface area contributed by atoms with Gasteiger partial charge in [0.15, 0.2) is 5.78 Å². The standard InChI is InChI=1S/C14H12FNO3/c1-18-12-4-9(5-13(6-12)19-2)14(17)10-3-11(15)8-16-7-10/h3-8H,1-2H3. The van der Waals surface area contributed by atoms with E-state index in [0.29, 0.717) is 17.1 Å². The molecule has 2 rings (SSSR count). The molecule has 5 heteroatoms. The molecule has 0 aliphatic carbocycles. The minimum absolute atomic E-state index is 0.176. The summed E-state index contributed by atoms with van der Waals surface area (Å²) in [6.45, 7) is 0. The Balaban J connectivity index is 2.43. The van der Waals surface area contributed by atoms with Gasteiger partial charge in [-0.2, -0.15) is 0 Å². The molecule has 0 radical (unpaired) electrons. The van der Waals surface area contributed by atoms with Gasteiger partial charge in [-0.15, -0.1) is 0 Å². The first kappa shape index (κ1) is 13.0. The van der Waals surface area contributed by atoms with Gasteiger partial charge < -0.3 is 9.47 Å². The molecule has 19 heavy (non-hydrogen) atoms. The molecule has 0 bridgehead atoms. The molecule has 0 unspecified atom stereocenters. The zero-order chi connectivity index (χ0) is 13.8. The molecule has 0 N–H and O–H groups in total. The average Bonchev–Trinajstić information content (AvgIpc) is 2.45. The Morgan fingerprint density at radius 2 is 1.63 bits per heavy atom. The first-order valence-electron chi connectivity index (χ1n) is 5.52. The number of halogens is 1. The third-order valence-corrected chi connectivity index (χ3v) is 2.58. The van der Waals surface area contributed by atoms with E-state index in [1.807, 2.05) is 0 Å². The molecule has 0 amide bonds. The van der Waals surface area contributed by atoms with E-state index in [0.717, 1.165) is 12.3 Å². The Kier molecular flexibility index (Phi) is 3.75. The molecule has 0 fully saturated rings. The van der Waals surface area contributed by atoms with E-state index in [4.69, 9.17) is 9.47 Å². The molecule has 2 aromatic rings. The smallest absolute Gasteiger partial charge is 0.194 e. The molecule has 0 aliphatic rings. The second-order valence-electron chi connectivity index (χ2n) is 3.82. The summed E-state index contributed by atoms with van der Waals surface area (Å²) in [4.78, 5) is 15.9. The molecule has 0 spiro atoms. The lowest BCUT2D eigenvalue weighted by Gasteiger charge is -2.07. The Labute approximate surface area is 109 Å². The lowest BCUT2D eigenvalue weighted by molar-refractivity contribution is 0.103. The van der Waals surface area contributed by atoms with Crippen molar-refractivity contribution in [1.29, 1.82) is 0 Å². The fraction of sp³-hybridized carbons (Fsp3) is 0.143. The van der Waals surface area contributed by atoms with Crippen molar-refractivity contribution in [2.24, 2.45) is 0 Å². The molecule has 1 heterocycles. The van der Waals surface area contributed by atoms with Crippen molar-refractivity contribution in [2.75, 3.05) is 14.2 Å². The van der Waals surface area contributed by atoms with E-state index in [9.17, 15) is 9.18 Å². The predicted molar refractivity (Wildman–Crippen MR) is 67.2 cm³/mol. The summed E-state index contributed by atoms with van der Waals surface area (Å²) in [7, 11) is 2.99. The summed E-state index contributed by atoms with van der Waals surface area (Å²) in [6.07, 6.45) is 2.36. The fourth-order valence-corrected chi connectivity index (χ4v) is 1.64. The van der Waals surface area contributed by atoms with Gasteiger partial charge in [0.1, 0.15) is 17.3 Å². The maximum atomic E-state index is 13.1. The highest BCUT2D eigenvalue weighted by Crippen LogP contribution is 2.24. The number of hydrogen-bond donors (Lipinski definition) is 0. The van der Waals surface area contributed by atoms with Crippen LogP contribution in [0.25, 0.3) is 0 Å². The zero-order valence-electron chi connectivity index (χ0n) is 10.5. The summed E-state index contributed by atoms with van der Waals surface area (Å²) in [6, 6.07) is 5.92. The molecule has 0 saturated carbocycles. The van der Waals surface area contributed by atoms with Gasteiger partial charge in [-0.1, -0.05) is 0 Å². The summed E-state index contributed by atoms with van der Waals surface area (Å²) in [5.41, 5.74) is 0.527. The second-order valence-corrected chi connectivity index (χ2v) is 3.82. The van der Waals surface area contributed by atoms with Crippen LogP contribution >= 0.6 is 0 Å². The minimum Gasteiger partial charge on any atom is -0.497 e. The number of aromatic nitrogens is 1. The summed E-state index contributed by atoms with van der Waals surface area (Å²) >= 11 is 0. The number of nitrogens with zero attached hydrogens (tertiary/aromatic N) is 1.